The van der Waals surface area contributed by atoms with Crippen LogP contribution in [0.15, 0.2) is 10.8 Å². The lowest BCUT2D eigenvalue weighted by atomic mass is 10.4. The first-order valence-corrected chi connectivity index (χ1v) is 4.30. The molecule has 0 aromatic carbocycles. The van der Waals surface area contributed by atoms with Crippen LogP contribution in [0.2, 0.25) is 0 Å². The summed E-state index contributed by atoms with van der Waals surface area (Å²) >= 11 is 1.48. The van der Waals surface area contributed by atoms with E-state index in [1.54, 1.807) is 12.3 Å². The number of hydrogen-bond acceptors (Lipinski definition) is 3. The molecule has 11 heavy (non-hydrogen) atoms. The summed E-state index contributed by atoms with van der Waals surface area (Å²) in [5.74, 6) is -0.00454. The van der Waals surface area contributed by atoms with Crippen LogP contribution in [0.3, 0.4) is 0 Å². The number of amides is 1. The summed E-state index contributed by atoms with van der Waals surface area (Å²) in [5, 5.41) is 6.31. The molecular weight excluding hydrogens is 160 g/mol. The van der Waals surface area contributed by atoms with Gasteiger partial charge in [0.25, 0.3) is 0 Å². The lowest BCUT2D eigenvalue weighted by Gasteiger charge is -2.00. The first-order valence-electron chi connectivity index (χ1n) is 3.35. The number of anilines is 2. The van der Waals surface area contributed by atoms with Gasteiger partial charge in [0.1, 0.15) is 0 Å². The van der Waals surface area contributed by atoms with Crippen LogP contribution >= 0.6 is 11.3 Å². The Morgan fingerprint density at radius 3 is 2.91 bits per heavy atom. The third kappa shape index (κ3) is 1.94. The van der Waals surface area contributed by atoms with Crippen LogP contribution in [-0.2, 0) is 4.79 Å². The van der Waals surface area contributed by atoms with Gasteiger partial charge in [-0.15, -0.1) is 11.3 Å². The normalized spacial score (nSPS) is 9.55. The highest BCUT2D eigenvalue weighted by molar-refractivity contribution is 7.08. The second-order valence-corrected chi connectivity index (χ2v) is 2.89. The molecule has 0 aliphatic rings. The van der Waals surface area contributed by atoms with E-state index < -0.39 is 0 Å². The molecule has 1 aromatic heterocycles. The van der Waals surface area contributed by atoms with E-state index in [9.17, 15) is 4.79 Å². The van der Waals surface area contributed by atoms with Crippen molar-refractivity contribution < 1.29 is 4.79 Å². The maximum Gasteiger partial charge on any atom is 0.224 e. The Bertz CT molecular complexity index is 257. The molecule has 0 aliphatic heterocycles. The van der Waals surface area contributed by atoms with Crippen LogP contribution < -0.4 is 11.1 Å². The number of carbonyl (C=O) groups excluding carboxylic acids is 1. The highest BCUT2D eigenvalue weighted by Gasteiger charge is 2.02. The Kier molecular flexibility index (Phi) is 2.48. The molecule has 4 heteroatoms. The number of nitrogens with two attached hydrogens (primary N) is 1. The number of carbonyl (C=O) groups is 1. The summed E-state index contributed by atoms with van der Waals surface area (Å²) in [7, 11) is 0. The Morgan fingerprint density at radius 1 is 1.73 bits per heavy atom. The Hall–Kier alpha value is -1.03. The van der Waals surface area contributed by atoms with Crippen LogP contribution in [-0.4, -0.2) is 5.91 Å². The average Bonchev–Trinajstić information content (AvgIpc) is 2.37. The molecule has 3 nitrogen and oxygen atoms in total. The van der Waals surface area contributed by atoms with Crippen molar-refractivity contribution in [2.45, 2.75) is 13.3 Å². The van der Waals surface area contributed by atoms with E-state index >= 15 is 0 Å². The fourth-order valence-corrected chi connectivity index (χ4v) is 1.32. The maximum atomic E-state index is 10.9. The zero-order chi connectivity index (χ0) is 8.27. The van der Waals surface area contributed by atoms with Crippen LogP contribution in [0.5, 0.6) is 0 Å². The quantitative estimate of drug-likeness (QED) is 0.709. The van der Waals surface area contributed by atoms with Crippen LogP contribution in [0.1, 0.15) is 13.3 Å². The first-order chi connectivity index (χ1) is 5.24. The van der Waals surface area contributed by atoms with E-state index in [4.69, 9.17) is 5.73 Å². The summed E-state index contributed by atoms with van der Waals surface area (Å²) in [5.41, 5.74) is 6.90. The third-order valence-electron chi connectivity index (χ3n) is 1.29. The molecule has 1 aromatic rings. The molecule has 3 N–H and O–H groups in total. The van der Waals surface area contributed by atoms with Gasteiger partial charge in [0.05, 0.1) is 11.4 Å². The zero-order valence-electron chi connectivity index (χ0n) is 6.26. The second kappa shape index (κ2) is 3.39. The molecule has 0 saturated carbocycles. The Labute approximate surface area is 69.2 Å². The maximum absolute atomic E-state index is 10.9. The number of hydrogen-bond donors (Lipinski definition) is 2. The molecule has 0 radical (unpaired) electrons. The smallest absolute Gasteiger partial charge is 0.224 e. The van der Waals surface area contributed by atoms with Crippen molar-refractivity contribution in [2.24, 2.45) is 0 Å². The lowest BCUT2D eigenvalue weighted by molar-refractivity contribution is -0.115. The van der Waals surface area contributed by atoms with Crippen molar-refractivity contribution in [3.05, 3.63) is 10.8 Å². The van der Waals surface area contributed by atoms with E-state index in [0.29, 0.717) is 12.1 Å². The molecule has 0 unspecified atom stereocenters. The summed E-state index contributed by atoms with van der Waals surface area (Å²) in [4.78, 5) is 10.9. The number of nitrogen functional groups attached to an aromatic ring is 1. The van der Waals surface area contributed by atoms with E-state index in [2.05, 4.69) is 5.32 Å². The predicted octanol–water partition coefficient (Wildman–Crippen LogP) is 1.68. The fraction of sp³-hybridized carbons (Fsp3) is 0.286. The molecule has 1 amide bonds. The van der Waals surface area contributed by atoms with Crippen molar-refractivity contribution in [1.82, 2.24) is 0 Å². The topological polar surface area (TPSA) is 55.1 Å². The van der Waals surface area contributed by atoms with Gasteiger partial charge in [-0.1, -0.05) is 6.92 Å². The molecular formula is C7H10N2OS. The molecule has 1 heterocycles. The van der Waals surface area contributed by atoms with E-state index in [0.717, 1.165) is 5.69 Å². The van der Waals surface area contributed by atoms with Crippen molar-refractivity contribution in [3.8, 4) is 0 Å². The van der Waals surface area contributed by atoms with Crippen molar-refractivity contribution in [2.75, 3.05) is 11.1 Å². The molecule has 0 fully saturated rings. The summed E-state index contributed by atoms with van der Waals surface area (Å²) in [6.07, 6.45) is 0.481. The van der Waals surface area contributed by atoms with E-state index in [1.165, 1.54) is 11.3 Å². The van der Waals surface area contributed by atoms with Crippen LogP contribution in [0, 0.1) is 0 Å². The highest BCUT2D eigenvalue weighted by Crippen LogP contribution is 2.22. The summed E-state index contributed by atoms with van der Waals surface area (Å²) < 4.78 is 0. The van der Waals surface area contributed by atoms with Gasteiger partial charge >= 0.3 is 0 Å². The molecule has 60 valence electrons. The van der Waals surface area contributed by atoms with E-state index in [-0.39, 0.29) is 5.91 Å². The predicted molar refractivity (Wildman–Crippen MR) is 47.7 cm³/mol. The Balaban J connectivity index is 2.64. The van der Waals surface area contributed by atoms with Gasteiger partial charge < -0.3 is 11.1 Å². The standard InChI is InChI=1S/C7H10N2OS/c1-2-7(10)9-6-4-11-3-5(6)8/h3-4H,2,8H2,1H3,(H,9,10). The minimum Gasteiger partial charge on any atom is -0.396 e. The highest BCUT2D eigenvalue weighted by atomic mass is 32.1. The van der Waals surface area contributed by atoms with Crippen LogP contribution in [0.4, 0.5) is 11.4 Å². The van der Waals surface area contributed by atoms with E-state index in [1.807, 2.05) is 5.38 Å². The number of thiophene rings is 1. The van der Waals surface area contributed by atoms with Gasteiger partial charge in [0.15, 0.2) is 0 Å². The number of rotatable bonds is 2. The molecule has 0 atom stereocenters. The van der Waals surface area contributed by atoms with Crippen molar-refractivity contribution in [3.63, 3.8) is 0 Å². The SMILES string of the molecule is CCC(=O)Nc1cscc1N. The third-order valence-corrected chi connectivity index (χ3v) is 2.05. The molecule has 0 spiro atoms. The monoisotopic (exact) mass is 170 g/mol. The average molecular weight is 170 g/mol. The lowest BCUT2D eigenvalue weighted by Crippen LogP contribution is -2.09. The first kappa shape index (κ1) is 8.07. The van der Waals surface area contributed by atoms with Gasteiger partial charge in [-0.3, -0.25) is 4.79 Å². The summed E-state index contributed by atoms with van der Waals surface area (Å²) in [6, 6.07) is 0. The molecule has 0 aliphatic carbocycles. The minimum absolute atomic E-state index is 0.00454. The minimum atomic E-state index is -0.00454. The second-order valence-electron chi connectivity index (χ2n) is 2.14. The fourth-order valence-electron chi connectivity index (χ4n) is 0.647. The van der Waals surface area contributed by atoms with Gasteiger partial charge in [-0.2, -0.15) is 0 Å². The molecule has 0 saturated heterocycles. The van der Waals surface area contributed by atoms with Gasteiger partial charge in [0.2, 0.25) is 5.91 Å². The Morgan fingerprint density at radius 2 is 2.45 bits per heavy atom. The van der Waals surface area contributed by atoms with Crippen molar-refractivity contribution in [1.29, 1.82) is 0 Å². The van der Waals surface area contributed by atoms with Gasteiger partial charge in [-0.05, 0) is 0 Å². The zero-order valence-corrected chi connectivity index (χ0v) is 7.07. The molecule has 0 bridgehead atoms. The molecule has 1 rings (SSSR count). The summed E-state index contributed by atoms with van der Waals surface area (Å²) in [6.45, 7) is 1.80. The number of nitrogens with one attached hydrogen (secondary N) is 1. The van der Waals surface area contributed by atoms with Gasteiger partial charge in [-0.25, -0.2) is 0 Å². The van der Waals surface area contributed by atoms with Gasteiger partial charge in [0, 0.05) is 17.2 Å². The van der Waals surface area contributed by atoms with Crippen molar-refractivity contribution >= 4 is 28.6 Å². The largest absolute Gasteiger partial charge is 0.396 e. The van der Waals surface area contributed by atoms with Crippen LogP contribution in [0.25, 0.3) is 0 Å².